The predicted octanol–water partition coefficient (Wildman–Crippen LogP) is 4.38. The Morgan fingerprint density at radius 3 is 2.44 bits per heavy atom. The lowest BCUT2D eigenvalue weighted by molar-refractivity contribution is 0.0672. The molecular formula is C31H35FN6O. The molecule has 0 aliphatic carbocycles. The molecule has 2 aliphatic rings. The van der Waals surface area contributed by atoms with Gasteiger partial charge in [-0.05, 0) is 67.8 Å². The van der Waals surface area contributed by atoms with Crippen molar-refractivity contribution in [1.29, 1.82) is 5.26 Å². The largest absolute Gasteiger partial charge is 0.368 e. The van der Waals surface area contributed by atoms with Crippen LogP contribution in [0, 0.1) is 31.0 Å². The van der Waals surface area contributed by atoms with Crippen LogP contribution in [0.2, 0.25) is 0 Å². The van der Waals surface area contributed by atoms with Crippen molar-refractivity contribution in [1.82, 2.24) is 14.8 Å². The molecule has 7 nitrogen and oxygen atoms in total. The highest BCUT2D eigenvalue weighted by molar-refractivity contribution is 5.96. The number of anilines is 2. The van der Waals surface area contributed by atoms with Gasteiger partial charge in [0.15, 0.2) is 0 Å². The van der Waals surface area contributed by atoms with Gasteiger partial charge in [0.2, 0.25) is 0 Å². The van der Waals surface area contributed by atoms with Gasteiger partial charge in [-0.3, -0.25) is 9.69 Å². The highest BCUT2D eigenvalue weighted by atomic mass is 19.1. The lowest BCUT2D eigenvalue weighted by atomic mass is 9.97. The molecule has 0 radical (unpaired) electrons. The van der Waals surface area contributed by atoms with Crippen molar-refractivity contribution in [2.45, 2.75) is 33.4 Å². The maximum atomic E-state index is 13.7. The summed E-state index contributed by atoms with van der Waals surface area (Å²) < 4.78 is 13.3. The SMILES string of the molecule is Cc1cc(C)c(C(=O)N2CCN(c3ccc(F)cn3)C[C@H]2C)cc1CN1CCN(c2ccccc2C#N)CC1. The number of benzene rings is 2. The number of carbonyl (C=O) groups excluding carboxylic acids is 1. The van der Waals surface area contributed by atoms with E-state index in [2.05, 4.69) is 51.7 Å². The first-order valence-electron chi connectivity index (χ1n) is 13.6. The van der Waals surface area contributed by atoms with Gasteiger partial charge in [-0.2, -0.15) is 5.26 Å². The fraction of sp³-hybridized carbons (Fsp3) is 0.387. The van der Waals surface area contributed by atoms with Crippen molar-refractivity contribution in [2.75, 3.05) is 55.6 Å². The normalized spacial score (nSPS) is 18.2. The molecule has 2 fully saturated rings. The van der Waals surface area contributed by atoms with Crippen molar-refractivity contribution < 1.29 is 9.18 Å². The van der Waals surface area contributed by atoms with Crippen molar-refractivity contribution in [3.63, 3.8) is 0 Å². The van der Waals surface area contributed by atoms with E-state index < -0.39 is 0 Å². The monoisotopic (exact) mass is 526 g/mol. The Kier molecular flexibility index (Phi) is 7.80. The molecule has 0 saturated carbocycles. The Bertz CT molecular complexity index is 1380. The van der Waals surface area contributed by atoms with Crippen molar-refractivity contribution in [3.8, 4) is 6.07 Å². The summed E-state index contributed by atoms with van der Waals surface area (Å²) in [6, 6.07) is 17.4. The number of amides is 1. The minimum absolute atomic E-state index is 0.00613. The molecule has 2 aliphatic heterocycles. The third-order valence-electron chi connectivity index (χ3n) is 7.97. The molecule has 0 spiro atoms. The van der Waals surface area contributed by atoms with Gasteiger partial charge in [0, 0.05) is 64.0 Å². The van der Waals surface area contributed by atoms with Gasteiger partial charge in [0.25, 0.3) is 5.91 Å². The Morgan fingerprint density at radius 1 is 1.00 bits per heavy atom. The van der Waals surface area contributed by atoms with Gasteiger partial charge in [-0.15, -0.1) is 0 Å². The molecule has 1 aromatic heterocycles. The summed E-state index contributed by atoms with van der Waals surface area (Å²) in [6.45, 7) is 12.4. The Morgan fingerprint density at radius 2 is 1.74 bits per heavy atom. The summed E-state index contributed by atoms with van der Waals surface area (Å²) in [7, 11) is 0. The van der Waals surface area contributed by atoms with Crippen LogP contribution in [0.4, 0.5) is 15.9 Å². The van der Waals surface area contributed by atoms with E-state index in [1.807, 2.05) is 36.1 Å². The number of para-hydroxylation sites is 1. The number of carbonyl (C=O) groups is 1. The van der Waals surface area contributed by atoms with E-state index in [1.54, 1.807) is 6.07 Å². The smallest absolute Gasteiger partial charge is 0.254 e. The number of aryl methyl sites for hydroxylation is 2. The van der Waals surface area contributed by atoms with Crippen LogP contribution in [0.1, 0.15) is 39.5 Å². The number of nitriles is 1. The molecule has 1 atom stereocenters. The lowest BCUT2D eigenvalue weighted by Gasteiger charge is -2.40. The van der Waals surface area contributed by atoms with Crippen LogP contribution < -0.4 is 9.80 Å². The zero-order valence-electron chi connectivity index (χ0n) is 22.9. The summed E-state index contributed by atoms with van der Waals surface area (Å²) in [6.07, 6.45) is 1.24. The first kappa shape index (κ1) is 26.6. The second-order valence-electron chi connectivity index (χ2n) is 10.6. The number of aromatic nitrogens is 1. The van der Waals surface area contributed by atoms with Crippen molar-refractivity contribution in [3.05, 3.63) is 88.4 Å². The number of hydrogen-bond donors (Lipinski definition) is 0. The summed E-state index contributed by atoms with van der Waals surface area (Å²) in [5.41, 5.74) is 5.85. The standard InChI is InChI=1S/C31H35FN6O/c1-22-16-23(2)28(31(39)38-15-14-37(20-24(38)3)30-9-8-27(32)19-34-30)17-26(22)21-35-10-12-36(13-11-35)29-7-5-4-6-25(29)18-33/h4-9,16-17,19,24H,10-15,20-21H2,1-3H3/t24-/m1/s1. The van der Waals surface area contributed by atoms with Crippen LogP contribution >= 0.6 is 0 Å². The van der Waals surface area contributed by atoms with E-state index in [0.717, 1.165) is 55.4 Å². The quantitative estimate of drug-likeness (QED) is 0.492. The van der Waals surface area contributed by atoms with E-state index in [0.29, 0.717) is 25.2 Å². The maximum absolute atomic E-state index is 13.7. The molecule has 3 heterocycles. The highest BCUT2D eigenvalue weighted by Crippen LogP contribution is 2.25. The van der Waals surface area contributed by atoms with Crippen LogP contribution in [-0.4, -0.2) is 72.5 Å². The molecule has 8 heteroatoms. The van der Waals surface area contributed by atoms with Gasteiger partial charge < -0.3 is 14.7 Å². The van der Waals surface area contributed by atoms with Crippen molar-refractivity contribution >= 4 is 17.4 Å². The van der Waals surface area contributed by atoms with Gasteiger partial charge in [0.05, 0.1) is 17.4 Å². The first-order chi connectivity index (χ1) is 18.8. The number of hydrogen-bond acceptors (Lipinski definition) is 6. The van der Waals surface area contributed by atoms with E-state index in [9.17, 15) is 14.4 Å². The zero-order valence-corrected chi connectivity index (χ0v) is 22.9. The van der Waals surface area contributed by atoms with Crippen LogP contribution in [0.15, 0.2) is 54.7 Å². The fourth-order valence-electron chi connectivity index (χ4n) is 5.71. The second kappa shape index (κ2) is 11.4. The topological polar surface area (TPSA) is 66.7 Å². The summed E-state index contributed by atoms with van der Waals surface area (Å²) in [5, 5.41) is 9.47. The van der Waals surface area contributed by atoms with Gasteiger partial charge in [0.1, 0.15) is 17.7 Å². The fourth-order valence-corrected chi connectivity index (χ4v) is 5.71. The predicted molar refractivity (Wildman–Crippen MR) is 151 cm³/mol. The van der Waals surface area contributed by atoms with Crippen LogP contribution in [0.25, 0.3) is 0 Å². The Labute approximate surface area is 230 Å². The number of rotatable bonds is 5. The van der Waals surface area contributed by atoms with Gasteiger partial charge >= 0.3 is 0 Å². The third-order valence-corrected chi connectivity index (χ3v) is 7.97. The average molecular weight is 527 g/mol. The number of piperazine rings is 2. The zero-order chi connectivity index (χ0) is 27.5. The number of halogens is 1. The molecule has 0 unspecified atom stereocenters. The van der Waals surface area contributed by atoms with E-state index in [4.69, 9.17) is 0 Å². The first-order valence-corrected chi connectivity index (χ1v) is 13.6. The van der Waals surface area contributed by atoms with Crippen molar-refractivity contribution in [2.24, 2.45) is 0 Å². The van der Waals surface area contributed by atoms with E-state index in [-0.39, 0.29) is 17.8 Å². The molecule has 202 valence electrons. The summed E-state index contributed by atoms with van der Waals surface area (Å²) in [4.78, 5) is 26.7. The molecule has 3 aromatic rings. The van der Waals surface area contributed by atoms with Gasteiger partial charge in [-0.1, -0.05) is 18.2 Å². The van der Waals surface area contributed by atoms with E-state index >= 15 is 0 Å². The number of nitrogens with zero attached hydrogens (tertiary/aromatic N) is 6. The second-order valence-corrected chi connectivity index (χ2v) is 10.6. The summed E-state index contributed by atoms with van der Waals surface area (Å²) >= 11 is 0. The molecule has 2 aromatic carbocycles. The van der Waals surface area contributed by atoms with Gasteiger partial charge in [-0.25, -0.2) is 9.37 Å². The molecular weight excluding hydrogens is 491 g/mol. The lowest BCUT2D eigenvalue weighted by Crippen LogP contribution is -2.54. The number of pyridine rings is 1. The molecule has 1 amide bonds. The molecule has 0 N–H and O–H groups in total. The van der Waals surface area contributed by atoms with Crippen LogP contribution in [0.5, 0.6) is 0 Å². The maximum Gasteiger partial charge on any atom is 0.254 e. The molecule has 0 bridgehead atoms. The minimum atomic E-state index is -0.350. The Hall–Kier alpha value is -3.96. The Balaban J connectivity index is 1.24. The minimum Gasteiger partial charge on any atom is -0.368 e. The molecule has 2 saturated heterocycles. The summed E-state index contributed by atoms with van der Waals surface area (Å²) in [5.74, 6) is 0.448. The van der Waals surface area contributed by atoms with E-state index in [1.165, 1.54) is 23.4 Å². The molecule has 5 rings (SSSR count). The van der Waals surface area contributed by atoms with Crippen LogP contribution in [-0.2, 0) is 6.54 Å². The van der Waals surface area contributed by atoms with Crippen LogP contribution in [0.3, 0.4) is 0 Å². The highest BCUT2D eigenvalue weighted by Gasteiger charge is 2.30. The molecule has 39 heavy (non-hydrogen) atoms. The third kappa shape index (κ3) is 5.74. The average Bonchev–Trinajstić information content (AvgIpc) is 2.95.